The maximum absolute atomic E-state index is 9.74. The van der Waals surface area contributed by atoms with Crippen LogP contribution in [0.25, 0.3) is 0 Å². The van der Waals surface area contributed by atoms with Gasteiger partial charge in [-0.3, -0.25) is 4.57 Å². The highest BCUT2D eigenvalue weighted by atomic mass is 32.2. The van der Waals surface area contributed by atoms with Gasteiger partial charge < -0.3 is 15.1 Å². The molecule has 1 rings (SSSR count). The molecule has 0 saturated carbocycles. The monoisotopic (exact) mass is 230 g/mol. The van der Waals surface area contributed by atoms with Gasteiger partial charge in [0.15, 0.2) is 5.88 Å². The number of hydrogen-bond donors (Lipinski definition) is 2. The molecule has 0 aliphatic carbocycles. The summed E-state index contributed by atoms with van der Waals surface area (Å²) in [6, 6.07) is 1.59. The molecule has 0 aliphatic heterocycles. The van der Waals surface area contributed by atoms with Gasteiger partial charge in [-0.15, -0.1) is 11.8 Å². The Hall–Kier alpha value is -0.810. The van der Waals surface area contributed by atoms with Gasteiger partial charge in [-0.25, -0.2) is 0 Å². The molecule has 1 aromatic heterocycles. The standard InChI is InChI=1S/C10H18N2O2S/c1-11(2)5-4-6-12-9(13)7-8(15-3)10(12)14/h7,13-14H,4-6H2,1-3H3. The molecule has 0 fully saturated rings. The number of thioether (sulfide) groups is 1. The lowest BCUT2D eigenvalue weighted by atomic mass is 10.4. The molecule has 0 bridgehead atoms. The van der Waals surface area contributed by atoms with E-state index in [2.05, 4.69) is 4.90 Å². The van der Waals surface area contributed by atoms with E-state index in [1.54, 1.807) is 6.07 Å². The Morgan fingerprint density at radius 1 is 1.40 bits per heavy atom. The lowest BCUT2D eigenvalue weighted by Crippen LogP contribution is -2.14. The van der Waals surface area contributed by atoms with Crippen molar-refractivity contribution >= 4 is 11.8 Å². The first-order valence-electron chi connectivity index (χ1n) is 4.86. The molecule has 0 saturated heterocycles. The Morgan fingerprint density at radius 3 is 2.53 bits per heavy atom. The molecular weight excluding hydrogens is 212 g/mol. The average Bonchev–Trinajstić information content (AvgIpc) is 2.44. The fourth-order valence-corrected chi connectivity index (χ4v) is 1.93. The predicted molar refractivity (Wildman–Crippen MR) is 62.7 cm³/mol. The molecule has 1 heterocycles. The van der Waals surface area contributed by atoms with Crippen molar-refractivity contribution in [1.29, 1.82) is 0 Å². The van der Waals surface area contributed by atoms with Gasteiger partial charge in [-0.2, -0.15) is 0 Å². The van der Waals surface area contributed by atoms with Gasteiger partial charge in [0.05, 0.1) is 4.90 Å². The Labute approximate surface area is 94.5 Å². The summed E-state index contributed by atoms with van der Waals surface area (Å²) in [5.41, 5.74) is 0. The second-order valence-electron chi connectivity index (χ2n) is 3.70. The maximum atomic E-state index is 9.74. The third-order valence-corrected chi connectivity index (χ3v) is 2.96. The van der Waals surface area contributed by atoms with E-state index in [-0.39, 0.29) is 11.8 Å². The van der Waals surface area contributed by atoms with Gasteiger partial charge in [-0.05, 0) is 33.3 Å². The largest absolute Gasteiger partial charge is 0.494 e. The predicted octanol–water partition coefficient (Wildman–Crippen LogP) is 1.57. The molecule has 5 heteroatoms. The van der Waals surface area contributed by atoms with Crippen LogP contribution in [0.4, 0.5) is 0 Å². The van der Waals surface area contributed by atoms with Crippen molar-refractivity contribution < 1.29 is 10.2 Å². The minimum atomic E-state index is 0.135. The third-order valence-electron chi connectivity index (χ3n) is 2.22. The second-order valence-corrected chi connectivity index (χ2v) is 4.55. The molecule has 0 spiro atoms. The molecule has 0 amide bonds. The Morgan fingerprint density at radius 2 is 2.07 bits per heavy atom. The summed E-state index contributed by atoms with van der Waals surface area (Å²) < 4.78 is 1.54. The van der Waals surface area contributed by atoms with Crippen molar-refractivity contribution in [2.45, 2.75) is 17.9 Å². The summed E-state index contributed by atoms with van der Waals surface area (Å²) in [5, 5.41) is 19.3. The molecule has 0 aromatic carbocycles. The molecule has 0 atom stereocenters. The number of aromatic nitrogens is 1. The first-order chi connectivity index (χ1) is 7.06. The summed E-state index contributed by atoms with van der Waals surface area (Å²) in [6.45, 7) is 1.57. The summed E-state index contributed by atoms with van der Waals surface area (Å²) in [4.78, 5) is 2.80. The molecular formula is C10H18N2O2S. The zero-order valence-corrected chi connectivity index (χ0v) is 10.2. The fourth-order valence-electron chi connectivity index (χ4n) is 1.42. The van der Waals surface area contributed by atoms with Gasteiger partial charge in [0.2, 0.25) is 5.88 Å². The van der Waals surface area contributed by atoms with Crippen molar-refractivity contribution in [3.8, 4) is 11.8 Å². The van der Waals surface area contributed by atoms with Crippen molar-refractivity contribution in [2.24, 2.45) is 0 Å². The Kier molecular flexibility index (Phi) is 4.35. The molecule has 0 unspecified atom stereocenters. The zero-order valence-electron chi connectivity index (χ0n) is 9.40. The minimum Gasteiger partial charge on any atom is -0.494 e. The van der Waals surface area contributed by atoms with Gasteiger partial charge in [0, 0.05) is 12.6 Å². The van der Waals surface area contributed by atoms with Crippen LogP contribution in [0.15, 0.2) is 11.0 Å². The van der Waals surface area contributed by atoms with Crippen molar-refractivity contribution in [2.75, 3.05) is 26.9 Å². The van der Waals surface area contributed by atoms with Crippen LogP contribution in [0.2, 0.25) is 0 Å². The zero-order chi connectivity index (χ0) is 11.4. The van der Waals surface area contributed by atoms with Crippen LogP contribution in [0, 0.1) is 0 Å². The molecule has 0 aliphatic rings. The summed E-state index contributed by atoms with van der Waals surface area (Å²) >= 11 is 1.43. The fraction of sp³-hybridized carbons (Fsp3) is 0.600. The number of aromatic hydroxyl groups is 2. The molecule has 4 nitrogen and oxygen atoms in total. The second kappa shape index (κ2) is 5.32. The van der Waals surface area contributed by atoms with Crippen LogP contribution < -0.4 is 0 Å². The lowest BCUT2D eigenvalue weighted by Gasteiger charge is -2.11. The number of hydrogen-bond acceptors (Lipinski definition) is 4. The van der Waals surface area contributed by atoms with Crippen LogP contribution in [-0.2, 0) is 6.54 Å². The first-order valence-corrected chi connectivity index (χ1v) is 6.09. The molecule has 86 valence electrons. The highest BCUT2D eigenvalue weighted by Crippen LogP contribution is 2.33. The lowest BCUT2D eigenvalue weighted by molar-refractivity contribution is 0.338. The number of rotatable bonds is 5. The summed E-state index contributed by atoms with van der Waals surface area (Å²) in [5.74, 6) is 0.300. The van der Waals surface area contributed by atoms with Crippen molar-refractivity contribution in [3.63, 3.8) is 0 Å². The van der Waals surface area contributed by atoms with E-state index in [0.717, 1.165) is 17.9 Å². The van der Waals surface area contributed by atoms with E-state index < -0.39 is 0 Å². The van der Waals surface area contributed by atoms with Crippen LogP contribution in [-0.4, -0.2) is 46.6 Å². The van der Waals surface area contributed by atoms with Crippen LogP contribution in [0.1, 0.15) is 6.42 Å². The minimum absolute atomic E-state index is 0.135. The van der Waals surface area contributed by atoms with E-state index in [9.17, 15) is 10.2 Å². The third kappa shape index (κ3) is 3.07. The van der Waals surface area contributed by atoms with Gasteiger partial charge >= 0.3 is 0 Å². The van der Waals surface area contributed by atoms with Gasteiger partial charge in [0.1, 0.15) is 0 Å². The Bertz CT molecular complexity index is 323. The Balaban J connectivity index is 2.64. The summed E-state index contributed by atoms with van der Waals surface area (Å²) in [7, 11) is 4.01. The van der Waals surface area contributed by atoms with Crippen LogP contribution >= 0.6 is 11.8 Å². The van der Waals surface area contributed by atoms with E-state index in [1.165, 1.54) is 16.3 Å². The maximum Gasteiger partial charge on any atom is 0.207 e. The van der Waals surface area contributed by atoms with Crippen molar-refractivity contribution in [1.82, 2.24) is 9.47 Å². The van der Waals surface area contributed by atoms with Gasteiger partial charge in [-0.1, -0.05) is 0 Å². The topological polar surface area (TPSA) is 48.6 Å². The highest BCUT2D eigenvalue weighted by Gasteiger charge is 2.12. The van der Waals surface area contributed by atoms with Crippen LogP contribution in [0.5, 0.6) is 11.8 Å². The smallest absolute Gasteiger partial charge is 0.207 e. The van der Waals surface area contributed by atoms with Gasteiger partial charge in [0.25, 0.3) is 0 Å². The number of nitrogens with zero attached hydrogens (tertiary/aromatic N) is 2. The average molecular weight is 230 g/mol. The SMILES string of the molecule is CSc1cc(O)n(CCCN(C)C)c1O. The molecule has 2 N–H and O–H groups in total. The van der Waals surface area contributed by atoms with E-state index in [1.807, 2.05) is 20.4 Å². The normalized spacial score (nSPS) is 11.2. The molecule has 0 radical (unpaired) electrons. The molecule has 1 aromatic rings. The van der Waals surface area contributed by atoms with E-state index >= 15 is 0 Å². The first kappa shape index (κ1) is 12.3. The quantitative estimate of drug-likeness (QED) is 0.754. The van der Waals surface area contributed by atoms with E-state index in [0.29, 0.717) is 6.54 Å². The highest BCUT2D eigenvalue weighted by molar-refractivity contribution is 7.98. The molecule has 15 heavy (non-hydrogen) atoms. The van der Waals surface area contributed by atoms with Crippen molar-refractivity contribution in [3.05, 3.63) is 6.07 Å². The summed E-state index contributed by atoms with van der Waals surface area (Å²) in [6.07, 6.45) is 2.77. The van der Waals surface area contributed by atoms with Crippen LogP contribution in [0.3, 0.4) is 0 Å². The van der Waals surface area contributed by atoms with E-state index in [4.69, 9.17) is 0 Å².